The van der Waals surface area contributed by atoms with Gasteiger partial charge >= 0.3 is 0 Å². The lowest BCUT2D eigenvalue weighted by molar-refractivity contribution is -0.00000369. The van der Waals surface area contributed by atoms with Crippen LogP contribution in [0.2, 0.25) is 5.02 Å². The average Bonchev–Trinajstić information content (AvgIpc) is 2.56. The Hall–Kier alpha value is -1.26. The van der Waals surface area contributed by atoms with E-state index in [0.29, 0.717) is 17.3 Å². The van der Waals surface area contributed by atoms with Gasteiger partial charge in [0.15, 0.2) is 0 Å². The highest BCUT2D eigenvalue weighted by molar-refractivity contribution is 6.31. The Morgan fingerprint density at radius 2 is 2.19 bits per heavy atom. The number of hydrogen-bond donors (Lipinski definition) is 1. The number of aromatic nitrogens is 2. The van der Waals surface area contributed by atoms with Crippen LogP contribution in [0.1, 0.15) is 5.56 Å². The number of anilines is 1. The van der Waals surface area contributed by atoms with Crippen LogP contribution < -0.4 is 18.1 Å². The van der Waals surface area contributed by atoms with E-state index in [1.807, 2.05) is 0 Å². The Labute approximate surface area is 103 Å². The van der Waals surface area contributed by atoms with Crippen molar-refractivity contribution in [1.82, 2.24) is 9.78 Å². The van der Waals surface area contributed by atoms with Crippen LogP contribution in [-0.2, 0) is 6.54 Å². The molecule has 0 bridgehead atoms. The molecule has 1 aromatic carbocycles. The summed E-state index contributed by atoms with van der Waals surface area (Å²) in [6, 6.07) is 4.29. The molecular formula is C10H9Cl2FN3-. The smallest absolute Gasteiger partial charge is 0.124 e. The van der Waals surface area contributed by atoms with Gasteiger partial charge in [0.25, 0.3) is 0 Å². The molecule has 2 rings (SSSR count). The Balaban J connectivity index is 0.00000128. The van der Waals surface area contributed by atoms with E-state index < -0.39 is 0 Å². The zero-order valence-corrected chi connectivity index (χ0v) is 9.71. The summed E-state index contributed by atoms with van der Waals surface area (Å²) in [7, 11) is 0. The van der Waals surface area contributed by atoms with Gasteiger partial charge in [-0.3, -0.25) is 4.68 Å². The van der Waals surface area contributed by atoms with E-state index in [-0.39, 0.29) is 18.2 Å². The number of nitrogens with zero attached hydrogens (tertiary/aromatic N) is 2. The molecule has 2 N–H and O–H groups in total. The van der Waals surface area contributed by atoms with Gasteiger partial charge in [0.05, 0.1) is 18.4 Å². The van der Waals surface area contributed by atoms with Gasteiger partial charge in [-0.2, -0.15) is 5.10 Å². The third-order valence-corrected chi connectivity index (χ3v) is 2.35. The second kappa shape index (κ2) is 5.18. The predicted molar refractivity (Wildman–Crippen MR) is 57.2 cm³/mol. The summed E-state index contributed by atoms with van der Waals surface area (Å²) in [5.41, 5.74) is 6.92. The second-order valence-electron chi connectivity index (χ2n) is 3.21. The van der Waals surface area contributed by atoms with E-state index in [0.717, 1.165) is 5.56 Å². The molecule has 0 unspecified atom stereocenters. The average molecular weight is 261 g/mol. The predicted octanol–water partition coefficient (Wildman–Crippen LogP) is -0.690. The van der Waals surface area contributed by atoms with Crippen molar-refractivity contribution >= 4 is 17.3 Å². The van der Waals surface area contributed by atoms with Crippen LogP contribution in [0.3, 0.4) is 0 Å². The Morgan fingerprint density at radius 1 is 1.44 bits per heavy atom. The fourth-order valence-corrected chi connectivity index (χ4v) is 1.52. The van der Waals surface area contributed by atoms with Gasteiger partial charge < -0.3 is 18.1 Å². The molecule has 1 heterocycles. The number of nitrogens with two attached hydrogens (primary N) is 1. The highest BCUT2D eigenvalue weighted by atomic mass is 35.5. The number of nitrogen functional groups attached to an aromatic ring is 1. The van der Waals surface area contributed by atoms with E-state index in [1.165, 1.54) is 12.1 Å². The van der Waals surface area contributed by atoms with E-state index in [9.17, 15) is 4.39 Å². The lowest BCUT2D eigenvalue weighted by Gasteiger charge is -2.04. The third-order valence-electron chi connectivity index (χ3n) is 2.00. The first kappa shape index (κ1) is 12.8. The van der Waals surface area contributed by atoms with Gasteiger partial charge in [0, 0.05) is 11.2 Å². The minimum atomic E-state index is -0.344. The number of benzene rings is 1. The molecule has 0 saturated carbocycles. The molecule has 0 amide bonds. The largest absolute Gasteiger partial charge is 1.00 e. The normalized spacial score (nSPS) is 9.88. The van der Waals surface area contributed by atoms with Gasteiger partial charge in [-0.25, -0.2) is 4.39 Å². The van der Waals surface area contributed by atoms with Crippen LogP contribution >= 0.6 is 11.6 Å². The van der Waals surface area contributed by atoms with Crippen molar-refractivity contribution in [3.05, 3.63) is 47.0 Å². The molecule has 3 nitrogen and oxygen atoms in total. The van der Waals surface area contributed by atoms with Crippen LogP contribution in [0.25, 0.3) is 0 Å². The number of halogens is 3. The highest BCUT2D eigenvalue weighted by Crippen LogP contribution is 2.18. The molecule has 0 aliphatic heterocycles. The maximum absolute atomic E-state index is 12.8. The maximum atomic E-state index is 12.8. The first-order chi connectivity index (χ1) is 7.15. The van der Waals surface area contributed by atoms with Crippen LogP contribution in [-0.4, -0.2) is 9.78 Å². The molecule has 86 valence electrons. The maximum Gasteiger partial charge on any atom is 0.124 e. The molecule has 0 aliphatic carbocycles. The van der Waals surface area contributed by atoms with Crippen molar-refractivity contribution in [3.63, 3.8) is 0 Å². The summed E-state index contributed by atoms with van der Waals surface area (Å²) in [6.45, 7) is 0.482. The molecule has 0 atom stereocenters. The first-order valence-corrected chi connectivity index (χ1v) is 4.75. The molecule has 0 aliphatic rings. The molecule has 0 saturated heterocycles. The lowest BCUT2D eigenvalue weighted by atomic mass is 10.2. The minimum Gasteiger partial charge on any atom is -1.00 e. The summed E-state index contributed by atoms with van der Waals surface area (Å²) in [5, 5.41) is 4.41. The van der Waals surface area contributed by atoms with Gasteiger partial charge in [-0.05, 0) is 17.7 Å². The Morgan fingerprint density at radius 3 is 2.75 bits per heavy atom. The van der Waals surface area contributed by atoms with Crippen LogP contribution in [0, 0.1) is 5.82 Å². The van der Waals surface area contributed by atoms with E-state index in [4.69, 9.17) is 17.3 Å². The van der Waals surface area contributed by atoms with Crippen molar-refractivity contribution < 1.29 is 16.8 Å². The molecule has 0 fully saturated rings. The minimum absolute atomic E-state index is 0. The molecule has 0 spiro atoms. The molecule has 2 aromatic rings. The number of rotatable bonds is 2. The van der Waals surface area contributed by atoms with Crippen LogP contribution in [0.15, 0.2) is 30.6 Å². The fourth-order valence-electron chi connectivity index (χ4n) is 1.29. The molecule has 16 heavy (non-hydrogen) atoms. The zero-order chi connectivity index (χ0) is 10.8. The van der Waals surface area contributed by atoms with E-state index in [1.54, 1.807) is 23.1 Å². The Kier molecular flexibility index (Phi) is 4.15. The third kappa shape index (κ3) is 2.87. The monoisotopic (exact) mass is 260 g/mol. The van der Waals surface area contributed by atoms with Crippen molar-refractivity contribution in [1.29, 1.82) is 0 Å². The van der Waals surface area contributed by atoms with E-state index >= 15 is 0 Å². The van der Waals surface area contributed by atoms with Gasteiger partial charge in [0.2, 0.25) is 0 Å². The summed E-state index contributed by atoms with van der Waals surface area (Å²) in [4.78, 5) is 0. The summed E-state index contributed by atoms with van der Waals surface area (Å²) in [5.74, 6) is -0.344. The van der Waals surface area contributed by atoms with Gasteiger partial charge in [-0.1, -0.05) is 17.7 Å². The van der Waals surface area contributed by atoms with Crippen molar-refractivity contribution in [2.75, 3.05) is 5.73 Å². The summed E-state index contributed by atoms with van der Waals surface area (Å²) >= 11 is 5.87. The molecule has 1 aromatic heterocycles. The lowest BCUT2D eigenvalue weighted by Crippen LogP contribution is -3.00. The van der Waals surface area contributed by atoms with Gasteiger partial charge in [-0.15, -0.1) is 0 Å². The van der Waals surface area contributed by atoms with Gasteiger partial charge in [0.1, 0.15) is 5.82 Å². The standard InChI is InChI=1S/C10H9ClFN3.ClH/c11-10-3-8(12)2-1-7(10)5-15-6-9(13)4-14-15;/h1-4,6H,5,13H2;1H/p-1. The highest BCUT2D eigenvalue weighted by Gasteiger charge is 2.03. The molecule has 6 heteroatoms. The Bertz CT molecular complexity index is 485. The van der Waals surface area contributed by atoms with Crippen molar-refractivity contribution in [2.24, 2.45) is 0 Å². The van der Waals surface area contributed by atoms with Crippen molar-refractivity contribution in [3.8, 4) is 0 Å². The summed E-state index contributed by atoms with van der Waals surface area (Å²) < 4.78 is 14.4. The molecular weight excluding hydrogens is 252 g/mol. The van der Waals surface area contributed by atoms with Crippen LogP contribution in [0.4, 0.5) is 10.1 Å². The number of hydrogen-bond acceptors (Lipinski definition) is 2. The quantitative estimate of drug-likeness (QED) is 0.777. The SMILES string of the molecule is Nc1cnn(Cc2ccc(F)cc2Cl)c1.[Cl-]. The van der Waals surface area contributed by atoms with E-state index in [2.05, 4.69) is 5.10 Å². The molecule has 0 radical (unpaired) electrons. The van der Waals surface area contributed by atoms with Crippen LogP contribution in [0.5, 0.6) is 0 Å². The zero-order valence-electron chi connectivity index (χ0n) is 8.20. The second-order valence-corrected chi connectivity index (χ2v) is 3.61. The topological polar surface area (TPSA) is 43.8 Å². The fraction of sp³-hybridized carbons (Fsp3) is 0.100. The van der Waals surface area contributed by atoms with Crippen molar-refractivity contribution in [2.45, 2.75) is 6.54 Å². The first-order valence-electron chi connectivity index (χ1n) is 4.37. The summed E-state index contributed by atoms with van der Waals surface area (Å²) in [6.07, 6.45) is 3.25.